The zero-order valence-electron chi connectivity index (χ0n) is 11.8. The van der Waals surface area contributed by atoms with E-state index < -0.39 is 0 Å². The number of hydrogen-bond acceptors (Lipinski definition) is 3. The molecule has 2 rings (SSSR count). The second-order valence-electron chi connectivity index (χ2n) is 5.27. The van der Waals surface area contributed by atoms with Gasteiger partial charge in [-0.2, -0.15) is 4.99 Å². The van der Waals surface area contributed by atoms with E-state index in [-0.39, 0.29) is 28.9 Å². The predicted molar refractivity (Wildman–Crippen MR) is 78.4 cm³/mol. The molecule has 1 aromatic heterocycles. The molecule has 6 nitrogen and oxygen atoms in total. The van der Waals surface area contributed by atoms with Gasteiger partial charge in [-0.05, 0) is 38.3 Å². The van der Waals surface area contributed by atoms with Crippen molar-refractivity contribution >= 4 is 17.6 Å². The third-order valence-corrected chi connectivity index (χ3v) is 3.70. The van der Waals surface area contributed by atoms with Crippen molar-refractivity contribution in [2.24, 2.45) is 16.5 Å². The highest BCUT2D eigenvalue weighted by Crippen LogP contribution is 2.32. The fourth-order valence-electron chi connectivity index (χ4n) is 2.89. The summed E-state index contributed by atoms with van der Waals surface area (Å²) in [6.07, 6.45) is 3.96. The Labute approximate surface area is 117 Å². The van der Waals surface area contributed by atoms with Crippen molar-refractivity contribution in [3.8, 4) is 0 Å². The van der Waals surface area contributed by atoms with Crippen molar-refractivity contribution in [1.29, 1.82) is 0 Å². The Morgan fingerprint density at radius 2 is 1.95 bits per heavy atom. The highest BCUT2D eigenvalue weighted by Gasteiger charge is 2.24. The van der Waals surface area contributed by atoms with E-state index in [1.807, 2.05) is 0 Å². The van der Waals surface area contributed by atoms with Gasteiger partial charge < -0.3 is 11.5 Å². The first kappa shape index (κ1) is 14.3. The molecule has 4 N–H and O–H groups in total. The molecule has 1 heterocycles. The van der Waals surface area contributed by atoms with Crippen LogP contribution in [-0.4, -0.2) is 16.3 Å². The summed E-state index contributed by atoms with van der Waals surface area (Å²) in [6.45, 7) is 3.13. The van der Waals surface area contributed by atoms with Gasteiger partial charge in [0.15, 0.2) is 11.7 Å². The molecular weight excluding hydrogens is 256 g/mol. The maximum atomic E-state index is 12.6. The first-order valence-electron chi connectivity index (χ1n) is 6.78. The van der Waals surface area contributed by atoms with Gasteiger partial charge in [0, 0.05) is 6.04 Å². The van der Waals surface area contributed by atoms with Crippen LogP contribution in [0.4, 0.5) is 5.82 Å². The minimum absolute atomic E-state index is 0.0688. The van der Waals surface area contributed by atoms with Crippen LogP contribution in [-0.2, 0) is 0 Å². The maximum absolute atomic E-state index is 12.6. The number of hydrogen-bond donors (Lipinski definition) is 2. The van der Waals surface area contributed by atoms with Gasteiger partial charge in [0.2, 0.25) is 0 Å². The van der Waals surface area contributed by atoms with Gasteiger partial charge in [-0.25, -0.2) is 0 Å². The van der Waals surface area contributed by atoms with Crippen LogP contribution >= 0.6 is 0 Å². The quantitative estimate of drug-likeness (QED) is 0.494. The zero-order chi connectivity index (χ0) is 14.9. The van der Waals surface area contributed by atoms with Crippen molar-refractivity contribution in [3.63, 3.8) is 0 Å². The van der Waals surface area contributed by atoms with Crippen molar-refractivity contribution in [2.75, 3.05) is 0 Å². The summed E-state index contributed by atoms with van der Waals surface area (Å²) in [5.74, 6) is 0.117. The first-order chi connectivity index (χ1) is 9.41. The molecule has 0 unspecified atom stereocenters. The number of nitrogens with two attached hydrogens (primary N) is 2. The van der Waals surface area contributed by atoms with Gasteiger partial charge in [-0.15, -0.1) is 0 Å². The van der Waals surface area contributed by atoms with Gasteiger partial charge in [-0.1, -0.05) is 12.8 Å². The lowest BCUT2D eigenvalue weighted by Crippen LogP contribution is -2.30. The molecule has 20 heavy (non-hydrogen) atoms. The third-order valence-electron chi connectivity index (χ3n) is 3.70. The van der Waals surface area contributed by atoms with Crippen LogP contribution in [0.1, 0.15) is 54.6 Å². The molecule has 108 valence electrons. The Kier molecular flexibility index (Phi) is 3.92. The van der Waals surface area contributed by atoms with E-state index in [9.17, 15) is 9.59 Å². The number of nitrogens with zero attached hydrogens (tertiary/aromatic N) is 2. The van der Waals surface area contributed by atoms with E-state index in [1.165, 1.54) is 6.92 Å². The highest BCUT2D eigenvalue weighted by atomic mass is 16.1. The van der Waals surface area contributed by atoms with Gasteiger partial charge in [0.1, 0.15) is 5.82 Å². The Morgan fingerprint density at radius 1 is 1.35 bits per heavy atom. The molecule has 0 saturated heterocycles. The number of aromatic nitrogens is 1. The summed E-state index contributed by atoms with van der Waals surface area (Å²) < 4.78 is 1.58. The second-order valence-corrected chi connectivity index (χ2v) is 5.27. The number of carbonyl (C=O) groups is 1. The van der Waals surface area contributed by atoms with Crippen molar-refractivity contribution in [2.45, 2.75) is 45.6 Å². The molecule has 0 radical (unpaired) electrons. The molecule has 1 fully saturated rings. The van der Waals surface area contributed by atoms with Gasteiger partial charge in [0.05, 0.1) is 5.56 Å². The molecule has 0 aliphatic heterocycles. The van der Waals surface area contributed by atoms with Crippen LogP contribution < -0.4 is 17.0 Å². The number of Topliss-reactive ketones (excluding diaryl/α,β-unsaturated/α-hetero) is 1. The molecule has 0 bridgehead atoms. The summed E-state index contributed by atoms with van der Waals surface area (Å²) in [6, 6.07) is 1.77. The summed E-state index contributed by atoms with van der Waals surface area (Å²) in [7, 11) is 0. The Bertz CT molecular complexity index is 621. The predicted octanol–water partition coefficient (Wildman–Crippen LogP) is 1.38. The van der Waals surface area contributed by atoms with Crippen LogP contribution in [0.2, 0.25) is 0 Å². The average molecular weight is 276 g/mol. The van der Waals surface area contributed by atoms with E-state index in [4.69, 9.17) is 11.5 Å². The van der Waals surface area contributed by atoms with Crippen LogP contribution in [0.15, 0.2) is 15.9 Å². The third kappa shape index (κ3) is 2.59. The standard InChI is InChI=1S/C14H20N4O2/c1-8-7-11(17-14(15)16)18(10-5-3-4-6-10)13(20)12(8)9(2)19/h7,10H,3-6H2,1-2H3,(H4,15,16,17). The summed E-state index contributed by atoms with van der Waals surface area (Å²) >= 11 is 0. The molecular formula is C14H20N4O2. The van der Waals surface area contributed by atoms with Gasteiger partial charge in [0.25, 0.3) is 5.56 Å². The van der Waals surface area contributed by atoms with Gasteiger partial charge in [-0.3, -0.25) is 14.2 Å². The average Bonchev–Trinajstić information content (AvgIpc) is 2.80. The minimum Gasteiger partial charge on any atom is -0.370 e. The number of pyridine rings is 1. The molecule has 0 aromatic carbocycles. The van der Waals surface area contributed by atoms with E-state index in [2.05, 4.69) is 4.99 Å². The maximum Gasteiger partial charge on any atom is 0.263 e. The first-order valence-corrected chi connectivity index (χ1v) is 6.78. The number of carbonyl (C=O) groups excluding carboxylic acids is 1. The fourth-order valence-corrected chi connectivity index (χ4v) is 2.89. The van der Waals surface area contributed by atoms with E-state index in [0.29, 0.717) is 11.4 Å². The van der Waals surface area contributed by atoms with E-state index >= 15 is 0 Å². The van der Waals surface area contributed by atoms with Crippen LogP contribution in [0, 0.1) is 6.92 Å². The summed E-state index contributed by atoms with van der Waals surface area (Å²) in [5, 5.41) is 0. The fraction of sp³-hybridized carbons (Fsp3) is 0.500. The SMILES string of the molecule is CC(=O)c1c(C)cc(N=C(N)N)n(C2CCCC2)c1=O. The summed E-state index contributed by atoms with van der Waals surface area (Å²) in [5.41, 5.74) is 11.4. The molecule has 0 spiro atoms. The Morgan fingerprint density at radius 3 is 2.45 bits per heavy atom. The van der Waals surface area contributed by atoms with Crippen LogP contribution in [0.25, 0.3) is 0 Å². The molecule has 1 aliphatic rings. The molecule has 1 aromatic rings. The van der Waals surface area contributed by atoms with Crippen molar-refractivity contribution < 1.29 is 4.79 Å². The molecule has 0 atom stereocenters. The van der Waals surface area contributed by atoms with Crippen molar-refractivity contribution in [3.05, 3.63) is 27.5 Å². The zero-order valence-corrected chi connectivity index (χ0v) is 11.8. The Hall–Kier alpha value is -2.11. The second kappa shape index (κ2) is 5.48. The molecule has 6 heteroatoms. The van der Waals surface area contributed by atoms with E-state index in [0.717, 1.165) is 25.7 Å². The lowest BCUT2D eigenvalue weighted by atomic mass is 10.1. The number of ketones is 1. The molecule has 1 aliphatic carbocycles. The summed E-state index contributed by atoms with van der Waals surface area (Å²) in [4.78, 5) is 28.4. The lowest BCUT2D eigenvalue weighted by molar-refractivity contribution is 0.101. The van der Waals surface area contributed by atoms with Crippen LogP contribution in [0.3, 0.4) is 0 Å². The van der Waals surface area contributed by atoms with Gasteiger partial charge >= 0.3 is 0 Å². The van der Waals surface area contributed by atoms with Crippen molar-refractivity contribution in [1.82, 2.24) is 4.57 Å². The normalized spacial score (nSPS) is 15.3. The van der Waals surface area contributed by atoms with Crippen LogP contribution in [0.5, 0.6) is 0 Å². The topological polar surface area (TPSA) is 103 Å². The number of rotatable bonds is 3. The number of guanidine groups is 1. The lowest BCUT2D eigenvalue weighted by Gasteiger charge is -2.18. The van der Waals surface area contributed by atoms with E-state index in [1.54, 1.807) is 17.6 Å². The smallest absolute Gasteiger partial charge is 0.263 e. The monoisotopic (exact) mass is 276 g/mol. The largest absolute Gasteiger partial charge is 0.370 e. The number of aliphatic imine (C=N–C) groups is 1. The minimum atomic E-state index is -0.288. The number of aryl methyl sites for hydroxylation is 1. The Balaban J connectivity index is 2.71. The molecule has 1 saturated carbocycles. The molecule has 0 amide bonds. The highest BCUT2D eigenvalue weighted by molar-refractivity contribution is 5.95.